The van der Waals surface area contributed by atoms with Gasteiger partial charge in [-0.15, -0.1) is 0 Å². The fraction of sp³-hybridized carbons (Fsp3) is 0.400. The molecule has 0 bridgehead atoms. The standard InChI is InChI=1S/C25H26N2O5/c1-5-15-16-9-14(32-13(3)4)7-8-20(16)26-22-17(15)11-27-21(22)10-19-18(23(27)28)12-31-24(29)25(19,30)6-2/h7-10,13,30H,5-6,11-12H2,1-4H3/t25-/m1/s1. The molecule has 1 aromatic carbocycles. The fourth-order valence-electron chi connectivity index (χ4n) is 4.89. The first-order valence-electron chi connectivity index (χ1n) is 11.1. The first-order valence-corrected chi connectivity index (χ1v) is 11.1. The van der Waals surface area contributed by atoms with E-state index in [1.807, 2.05) is 32.0 Å². The summed E-state index contributed by atoms with van der Waals surface area (Å²) in [5.41, 5.74) is 2.89. The van der Waals surface area contributed by atoms with E-state index < -0.39 is 11.6 Å². The van der Waals surface area contributed by atoms with Crippen LogP contribution in [0.2, 0.25) is 0 Å². The maximum Gasteiger partial charge on any atom is 0.343 e. The molecule has 7 heteroatoms. The van der Waals surface area contributed by atoms with Crippen molar-refractivity contribution in [3.8, 4) is 17.1 Å². The highest BCUT2D eigenvalue weighted by Gasteiger charge is 2.45. The van der Waals surface area contributed by atoms with E-state index in [9.17, 15) is 14.7 Å². The van der Waals surface area contributed by atoms with Gasteiger partial charge >= 0.3 is 5.97 Å². The summed E-state index contributed by atoms with van der Waals surface area (Å²) < 4.78 is 12.7. The lowest BCUT2D eigenvalue weighted by Gasteiger charge is -2.31. The van der Waals surface area contributed by atoms with Gasteiger partial charge in [-0.25, -0.2) is 9.78 Å². The van der Waals surface area contributed by atoms with Gasteiger partial charge in [0.25, 0.3) is 5.56 Å². The quantitative estimate of drug-likeness (QED) is 0.495. The Labute approximate surface area is 185 Å². The van der Waals surface area contributed by atoms with Gasteiger partial charge in [0.2, 0.25) is 0 Å². The van der Waals surface area contributed by atoms with Gasteiger partial charge in [0.05, 0.1) is 35.1 Å². The van der Waals surface area contributed by atoms with Crippen molar-refractivity contribution >= 4 is 16.9 Å². The topological polar surface area (TPSA) is 90.6 Å². The van der Waals surface area contributed by atoms with Crippen LogP contribution in [0.1, 0.15) is 56.4 Å². The van der Waals surface area contributed by atoms with E-state index in [-0.39, 0.29) is 24.7 Å². The first-order chi connectivity index (χ1) is 15.3. The van der Waals surface area contributed by atoms with Crippen molar-refractivity contribution in [1.29, 1.82) is 0 Å². The Morgan fingerprint density at radius 1 is 1.22 bits per heavy atom. The summed E-state index contributed by atoms with van der Waals surface area (Å²) in [6.45, 7) is 8.04. The summed E-state index contributed by atoms with van der Waals surface area (Å²) in [6.07, 6.45) is 0.963. The number of nitrogens with zero attached hydrogens (tertiary/aromatic N) is 2. The molecule has 32 heavy (non-hydrogen) atoms. The molecule has 4 heterocycles. The molecule has 0 amide bonds. The molecule has 0 saturated heterocycles. The molecule has 2 aliphatic heterocycles. The predicted octanol–water partition coefficient (Wildman–Crippen LogP) is 3.43. The number of carbonyl (C=O) groups excluding carboxylic acids is 1. The summed E-state index contributed by atoms with van der Waals surface area (Å²) in [4.78, 5) is 30.6. The summed E-state index contributed by atoms with van der Waals surface area (Å²) in [5, 5.41) is 12.0. The number of hydrogen-bond donors (Lipinski definition) is 1. The molecular weight excluding hydrogens is 408 g/mol. The number of hydrogen-bond acceptors (Lipinski definition) is 6. The Hall–Kier alpha value is -3.19. The maximum atomic E-state index is 13.4. The SMILES string of the molecule is CCc1c2c(nc3ccc(OC(C)C)cc13)-c1cc3c(c(=O)n1C2)COC(=O)[C@@]3(O)CC. The minimum atomic E-state index is -1.82. The van der Waals surface area contributed by atoms with Crippen LogP contribution in [-0.4, -0.2) is 26.7 Å². The maximum absolute atomic E-state index is 13.4. The molecule has 0 saturated carbocycles. The van der Waals surface area contributed by atoms with Crippen molar-refractivity contribution in [2.75, 3.05) is 0 Å². The molecule has 2 aliphatic rings. The average Bonchev–Trinajstić information content (AvgIpc) is 3.13. The van der Waals surface area contributed by atoms with E-state index in [4.69, 9.17) is 14.5 Å². The van der Waals surface area contributed by atoms with Crippen molar-refractivity contribution in [1.82, 2.24) is 9.55 Å². The van der Waals surface area contributed by atoms with E-state index >= 15 is 0 Å². The predicted molar refractivity (Wildman–Crippen MR) is 120 cm³/mol. The highest BCUT2D eigenvalue weighted by atomic mass is 16.6. The van der Waals surface area contributed by atoms with Gasteiger partial charge in [-0.3, -0.25) is 4.79 Å². The molecule has 2 aromatic heterocycles. The molecule has 3 aromatic rings. The Kier molecular flexibility index (Phi) is 4.64. The minimum absolute atomic E-state index is 0.0660. The summed E-state index contributed by atoms with van der Waals surface area (Å²) in [6, 6.07) is 7.61. The number of esters is 1. The molecule has 166 valence electrons. The second kappa shape index (κ2) is 7.17. The van der Waals surface area contributed by atoms with Crippen LogP contribution < -0.4 is 10.3 Å². The number of aromatic nitrogens is 2. The van der Waals surface area contributed by atoms with Gasteiger partial charge in [0.1, 0.15) is 12.4 Å². The van der Waals surface area contributed by atoms with Crippen molar-refractivity contribution in [2.45, 2.75) is 65.4 Å². The molecule has 0 fully saturated rings. The van der Waals surface area contributed by atoms with Crippen LogP contribution >= 0.6 is 0 Å². The van der Waals surface area contributed by atoms with Gasteiger partial charge in [-0.2, -0.15) is 0 Å². The number of aryl methyl sites for hydroxylation is 1. The lowest BCUT2D eigenvalue weighted by Crippen LogP contribution is -2.44. The van der Waals surface area contributed by atoms with Crippen LogP contribution in [-0.2, 0) is 34.7 Å². The highest BCUT2D eigenvalue weighted by molar-refractivity contribution is 5.90. The van der Waals surface area contributed by atoms with Crippen LogP contribution in [0.3, 0.4) is 0 Å². The molecular formula is C25H26N2O5. The summed E-state index contributed by atoms with van der Waals surface area (Å²) >= 11 is 0. The van der Waals surface area contributed by atoms with Crippen molar-refractivity contribution in [3.63, 3.8) is 0 Å². The van der Waals surface area contributed by atoms with Gasteiger partial charge in [0.15, 0.2) is 5.60 Å². The number of carbonyl (C=O) groups is 1. The average molecular weight is 434 g/mol. The number of ether oxygens (including phenoxy) is 2. The zero-order chi connectivity index (χ0) is 22.8. The van der Waals surface area contributed by atoms with Gasteiger partial charge in [-0.1, -0.05) is 13.8 Å². The molecule has 0 radical (unpaired) electrons. The smallest absolute Gasteiger partial charge is 0.343 e. The van der Waals surface area contributed by atoms with Gasteiger partial charge in [0, 0.05) is 16.5 Å². The zero-order valence-electron chi connectivity index (χ0n) is 18.7. The Bertz CT molecular complexity index is 1340. The third-order valence-electron chi connectivity index (χ3n) is 6.50. The van der Waals surface area contributed by atoms with E-state index in [2.05, 4.69) is 6.92 Å². The van der Waals surface area contributed by atoms with Crippen LogP contribution in [0, 0.1) is 0 Å². The largest absolute Gasteiger partial charge is 0.491 e. The monoisotopic (exact) mass is 434 g/mol. The second-order valence-corrected chi connectivity index (χ2v) is 8.72. The first kappa shape index (κ1) is 20.7. The number of fused-ring (bicyclic) bond motifs is 5. The van der Waals surface area contributed by atoms with Crippen LogP contribution in [0.15, 0.2) is 29.1 Å². The van der Waals surface area contributed by atoms with E-state index in [0.717, 1.165) is 39.9 Å². The number of rotatable bonds is 4. The Morgan fingerprint density at radius 3 is 2.69 bits per heavy atom. The molecule has 0 spiro atoms. The molecule has 0 unspecified atom stereocenters. The summed E-state index contributed by atoms with van der Waals surface area (Å²) in [5.74, 6) is 0.0734. The molecule has 5 rings (SSSR count). The number of benzene rings is 1. The second-order valence-electron chi connectivity index (χ2n) is 8.72. The fourth-order valence-corrected chi connectivity index (χ4v) is 4.89. The molecule has 0 aliphatic carbocycles. The van der Waals surface area contributed by atoms with Crippen LogP contribution in [0.4, 0.5) is 0 Å². The third-order valence-corrected chi connectivity index (χ3v) is 6.50. The minimum Gasteiger partial charge on any atom is -0.491 e. The van der Waals surface area contributed by atoms with Crippen LogP contribution in [0.25, 0.3) is 22.3 Å². The Balaban J connectivity index is 1.76. The van der Waals surface area contributed by atoms with Crippen molar-refractivity contribution < 1.29 is 19.4 Å². The Morgan fingerprint density at radius 2 is 2.00 bits per heavy atom. The lowest BCUT2D eigenvalue weighted by molar-refractivity contribution is -0.172. The van der Waals surface area contributed by atoms with Gasteiger partial charge in [-0.05, 0) is 56.5 Å². The van der Waals surface area contributed by atoms with Gasteiger partial charge < -0.3 is 19.1 Å². The zero-order valence-corrected chi connectivity index (χ0v) is 18.7. The molecule has 7 nitrogen and oxygen atoms in total. The lowest BCUT2D eigenvalue weighted by atomic mass is 9.86. The molecule has 1 atom stereocenters. The number of aliphatic hydroxyl groups is 1. The van der Waals surface area contributed by atoms with Crippen molar-refractivity contribution in [2.24, 2.45) is 0 Å². The molecule has 1 N–H and O–H groups in total. The number of pyridine rings is 2. The summed E-state index contributed by atoms with van der Waals surface area (Å²) in [7, 11) is 0. The van der Waals surface area contributed by atoms with E-state index in [1.54, 1.807) is 17.6 Å². The van der Waals surface area contributed by atoms with E-state index in [0.29, 0.717) is 23.4 Å². The third kappa shape index (κ3) is 2.80. The number of cyclic esters (lactones) is 1. The highest BCUT2D eigenvalue weighted by Crippen LogP contribution is 2.40. The van der Waals surface area contributed by atoms with E-state index in [1.165, 1.54) is 0 Å². The van der Waals surface area contributed by atoms with Crippen LogP contribution in [0.5, 0.6) is 5.75 Å². The normalized spacial score (nSPS) is 19.0. The van der Waals surface area contributed by atoms with Crippen molar-refractivity contribution in [3.05, 3.63) is 56.9 Å².